The second-order valence-electron chi connectivity index (χ2n) is 9.05. The summed E-state index contributed by atoms with van der Waals surface area (Å²) in [6.45, 7) is -3.12. The van der Waals surface area contributed by atoms with E-state index in [-0.39, 0.29) is 12.1 Å². The summed E-state index contributed by atoms with van der Waals surface area (Å²) in [7, 11) is 0. The molecule has 0 amide bonds. The van der Waals surface area contributed by atoms with E-state index in [9.17, 15) is 88.6 Å². The van der Waals surface area contributed by atoms with E-state index in [0.717, 1.165) is 23.5 Å². The van der Waals surface area contributed by atoms with Gasteiger partial charge in [0.1, 0.15) is 5.82 Å². The number of rotatable bonds is 9. The molecule has 1 N–H and O–H groups in total. The number of carbonyl (C=O) groups excluding carboxylic acids is 2. The van der Waals surface area contributed by atoms with Crippen LogP contribution < -0.4 is 5.32 Å². The van der Waals surface area contributed by atoms with Gasteiger partial charge in [-0.1, -0.05) is 24.3 Å². The summed E-state index contributed by atoms with van der Waals surface area (Å²) in [5, 5.41) is 1.11. The first kappa shape index (κ1) is 34.8. The lowest BCUT2D eigenvalue weighted by atomic mass is 9.83. The van der Waals surface area contributed by atoms with Crippen molar-refractivity contribution in [2.24, 2.45) is 0 Å². The largest absolute Gasteiger partial charge is 0.460 e. The van der Waals surface area contributed by atoms with Crippen LogP contribution in [0.15, 0.2) is 36.4 Å². The van der Waals surface area contributed by atoms with Gasteiger partial charge in [-0.3, -0.25) is 9.59 Å². The number of alkyl halides is 17. The van der Waals surface area contributed by atoms with Crippen LogP contribution in [0.5, 0.6) is 0 Å². The van der Waals surface area contributed by atoms with E-state index in [4.69, 9.17) is 0 Å². The summed E-state index contributed by atoms with van der Waals surface area (Å²) < 4.78 is 243. The maximum atomic E-state index is 14.4. The minimum absolute atomic E-state index is 0.253. The third-order valence-electron chi connectivity index (χ3n) is 6.31. The molecular formula is C23H9F18NO2. The molecule has 3 nitrogen and oxygen atoms in total. The molecule has 0 fully saturated rings. The van der Waals surface area contributed by atoms with E-state index < -0.39 is 99.5 Å². The molecule has 0 heterocycles. The average molecular weight is 673 g/mol. The standard InChI is InChI=1S/C23H9F18NO2/c24-10-5-6-11(13-12(10)14(43)8-3-1-2-4-9(8)15(13)44)42-7-16(25,26)17(27,28)18(29,30)19(31,32)20(33,34)21(35,36)22(37,38)23(39,40)41/h1-6,42H,7H2. The highest BCUT2D eigenvalue weighted by molar-refractivity contribution is 6.30. The van der Waals surface area contributed by atoms with Gasteiger partial charge in [0.15, 0.2) is 11.6 Å². The van der Waals surface area contributed by atoms with Crippen LogP contribution in [0.25, 0.3) is 0 Å². The number of halogens is 18. The molecule has 2 aromatic rings. The fourth-order valence-corrected chi connectivity index (χ4v) is 3.84. The second-order valence-corrected chi connectivity index (χ2v) is 9.05. The van der Waals surface area contributed by atoms with Crippen molar-refractivity contribution in [3.05, 3.63) is 64.5 Å². The molecule has 1 aliphatic rings. The maximum Gasteiger partial charge on any atom is 0.460 e. The number of carbonyl (C=O) groups is 2. The van der Waals surface area contributed by atoms with Crippen LogP contribution in [-0.4, -0.2) is 65.7 Å². The zero-order valence-corrected chi connectivity index (χ0v) is 20.3. The second kappa shape index (κ2) is 9.91. The van der Waals surface area contributed by atoms with Crippen LogP contribution in [0.4, 0.5) is 84.7 Å². The fourth-order valence-electron chi connectivity index (χ4n) is 3.84. The van der Waals surface area contributed by atoms with Gasteiger partial charge in [0.25, 0.3) is 0 Å². The molecule has 1 aliphatic carbocycles. The fraction of sp³-hybridized carbons (Fsp3) is 0.391. The molecule has 0 bridgehead atoms. The summed E-state index contributed by atoms with van der Waals surface area (Å²) in [6.07, 6.45) is -7.87. The number of anilines is 1. The van der Waals surface area contributed by atoms with Crippen LogP contribution >= 0.6 is 0 Å². The SMILES string of the molecule is O=C1c2ccccc2C(=O)c2c(NCC(F)(F)C(F)(F)C(F)(F)C(F)(F)C(F)(F)C(F)(F)C(F)(F)C(F)(F)F)ccc(F)c21. The van der Waals surface area contributed by atoms with Crippen LogP contribution in [0.3, 0.4) is 0 Å². The Hall–Kier alpha value is -3.68. The highest BCUT2D eigenvalue weighted by atomic mass is 19.4. The molecular weight excluding hydrogens is 664 g/mol. The topological polar surface area (TPSA) is 46.2 Å². The molecule has 0 aliphatic heterocycles. The van der Waals surface area contributed by atoms with Gasteiger partial charge in [-0.25, -0.2) is 4.39 Å². The Bertz CT molecular complexity index is 1490. The molecule has 0 radical (unpaired) electrons. The van der Waals surface area contributed by atoms with E-state index in [1.807, 2.05) is 0 Å². The molecule has 21 heteroatoms. The first-order chi connectivity index (χ1) is 19.5. The number of nitrogens with one attached hydrogen (secondary N) is 1. The van der Waals surface area contributed by atoms with Crippen LogP contribution in [0, 0.1) is 5.82 Å². The number of ketones is 2. The monoisotopic (exact) mass is 673 g/mol. The van der Waals surface area contributed by atoms with Crippen molar-refractivity contribution < 1.29 is 88.6 Å². The molecule has 3 rings (SSSR count). The highest BCUT2D eigenvalue weighted by Gasteiger charge is 2.95. The minimum atomic E-state index is -8.77. The zero-order chi connectivity index (χ0) is 34.3. The molecule has 0 aromatic heterocycles. The van der Waals surface area contributed by atoms with E-state index in [1.54, 1.807) is 0 Å². The van der Waals surface area contributed by atoms with E-state index in [2.05, 4.69) is 0 Å². The minimum Gasteiger partial charge on any atom is -0.378 e. The average Bonchev–Trinajstić information content (AvgIpc) is 2.89. The number of fused-ring (bicyclic) bond motifs is 2. The van der Waals surface area contributed by atoms with Crippen molar-refractivity contribution in [1.82, 2.24) is 0 Å². The predicted molar refractivity (Wildman–Crippen MR) is 109 cm³/mol. The van der Waals surface area contributed by atoms with Crippen molar-refractivity contribution in [2.45, 2.75) is 47.6 Å². The molecule has 0 saturated carbocycles. The molecule has 0 saturated heterocycles. The molecule has 44 heavy (non-hydrogen) atoms. The molecule has 0 atom stereocenters. The number of hydrogen-bond donors (Lipinski definition) is 1. The van der Waals surface area contributed by atoms with E-state index >= 15 is 0 Å². The first-order valence-corrected chi connectivity index (χ1v) is 11.0. The van der Waals surface area contributed by atoms with Crippen molar-refractivity contribution in [3.8, 4) is 0 Å². The van der Waals surface area contributed by atoms with Crippen molar-refractivity contribution in [3.63, 3.8) is 0 Å². The summed E-state index contributed by atoms with van der Waals surface area (Å²) in [6, 6.07) is 4.81. The van der Waals surface area contributed by atoms with Gasteiger partial charge in [0.2, 0.25) is 0 Å². The Kier molecular flexibility index (Phi) is 7.84. The summed E-state index contributed by atoms with van der Waals surface area (Å²) in [4.78, 5) is 25.4. The molecule has 0 spiro atoms. The summed E-state index contributed by atoms with van der Waals surface area (Å²) in [5.74, 6) is -61.9. The van der Waals surface area contributed by atoms with E-state index in [0.29, 0.717) is 0 Å². The summed E-state index contributed by atoms with van der Waals surface area (Å²) in [5.41, 5.74) is -4.58. The Labute approximate surface area is 230 Å². The summed E-state index contributed by atoms with van der Waals surface area (Å²) >= 11 is 0. The van der Waals surface area contributed by atoms with Crippen molar-refractivity contribution >= 4 is 17.3 Å². The van der Waals surface area contributed by atoms with E-state index in [1.165, 1.54) is 6.07 Å². The van der Waals surface area contributed by atoms with Crippen LogP contribution in [0.2, 0.25) is 0 Å². The zero-order valence-electron chi connectivity index (χ0n) is 20.3. The lowest BCUT2D eigenvalue weighted by Crippen LogP contribution is -2.74. The van der Waals surface area contributed by atoms with Crippen molar-refractivity contribution in [1.29, 1.82) is 0 Å². The third kappa shape index (κ3) is 4.47. The first-order valence-electron chi connectivity index (χ1n) is 11.0. The molecule has 2 aromatic carbocycles. The molecule has 244 valence electrons. The lowest BCUT2D eigenvalue weighted by Gasteiger charge is -2.42. The van der Waals surface area contributed by atoms with Gasteiger partial charge >= 0.3 is 47.6 Å². The Morgan fingerprint density at radius 2 is 0.886 bits per heavy atom. The normalized spacial score (nSPS) is 15.7. The van der Waals surface area contributed by atoms with Gasteiger partial charge in [-0.2, -0.15) is 74.6 Å². The van der Waals surface area contributed by atoms with Crippen LogP contribution in [-0.2, 0) is 0 Å². The Morgan fingerprint density at radius 1 is 0.500 bits per heavy atom. The smallest absolute Gasteiger partial charge is 0.378 e. The van der Waals surface area contributed by atoms with Gasteiger partial charge in [0.05, 0.1) is 17.7 Å². The highest BCUT2D eigenvalue weighted by Crippen LogP contribution is 2.64. The van der Waals surface area contributed by atoms with Crippen LogP contribution in [0.1, 0.15) is 31.8 Å². The number of hydrogen-bond acceptors (Lipinski definition) is 3. The Balaban J connectivity index is 2.03. The van der Waals surface area contributed by atoms with Crippen molar-refractivity contribution in [2.75, 3.05) is 11.9 Å². The molecule has 0 unspecified atom stereocenters. The third-order valence-corrected chi connectivity index (χ3v) is 6.31. The quantitative estimate of drug-likeness (QED) is 0.234. The van der Waals surface area contributed by atoms with Gasteiger partial charge in [-0.05, 0) is 12.1 Å². The van der Waals surface area contributed by atoms with Gasteiger partial charge in [0, 0.05) is 16.8 Å². The predicted octanol–water partition coefficient (Wildman–Crippen LogP) is 8.02. The number of benzene rings is 2. The maximum absolute atomic E-state index is 14.4. The Morgan fingerprint density at radius 3 is 1.32 bits per heavy atom. The van der Waals surface area contributed by atoms with Gasteiger partial charge in [-0.15, -0.1) is 0 Å². The lowest BCUT2D eigenvalue weighted by molar-refractivity contribution is -0.461. The van der Waals surface area contributed by atoms with Gasteiger partial charge < -0.3 is 5.32 Å².